The lowest BCUT2D eigenvalue weighted by molar-refractivity contribution is -0.385. The van der Waals surface area contributed by atoms with Crippen LogP contribution in [0.15, 0.2) is 18.2 Å². The number of nitrogens with one attached hydrogen (secondary N) is 1. The van der Waals surface area contributed by atoms with Gasteiger partial charge in [0, 0.05) is 30.4 Å². The van der Waals surface area contributed by atoms with Gasteiger partial charge in [-0.1, -0.05) is 13.3 Å². The molecule has 6 heteroatoms. The lowest BCUT2D eigenvalue weighted by Crippen LogP contribution is -2.28. The van der Waals surface area contributed by atoms with Crippen LogP contribution in [0.1, 0.15) is 26.7 Å². The Labute approximate surface area is 113 Å². The summed E-state index contributed by atoms with van der Waals surface area (Å²) < 4.78 is 5.30. The molecule has 0 amide bonds. The molecule has 0 aromatic heterocycles. The van der Waals surface area contributed by atoms with Crippen LogP contribution in [0.25, 0.3) is 0 Å². The molecule has 3 N–H and O–H groups in total. The lowest BCUT2D eigenvalue weighted by atomic mass is 10.1. The molecule has 0 bridgehead atoms. The van der Waals surface area contributed by atoms with Crippen LogP contribution in [-0.4, -0.2) is 24.1 Å². The highest BCUT2D eigenvalue weighted by Gasteiger charge is 2.16. The van der Waals surface area contributed by atoms with E-state index in [0.717, 1.165) is 18.5 Å². The fourth-order valence-electron chi connectivity index (χ4n) is 1.86. The van der Waals surface area contributed by atoms with E-state index in [1.165, 1.54) is 6.07 Å². The van der Waals surface area contributed by atoms with Crippen LogP contribution in [-0.2, 0) is 0 Å². The van der Waals surface area contributed by atoms with Crippen molar-refractivity contribution in [1.29, 1.82) is 0 Å². The highest BCUT2D eigenvalue weighted by molar-refractivity contribution is 5.58. The van der Waals surface area contributed by atoms with Crippen molar-refractivity contribution >= 4 is 11.4 Å². The summed E-state index contributed by atoms with van der Waals surface area (Å²) in [4.78, 5) is 10.4. The van der Waals surface area contributed by atoms with E-state index in [4.69, 9.17) is 10.5 Å². The van der Waals surface area contributed by atoms with E-state index in [0.29, 0.717) is 13.2 Å². The standard InChI is InChI=1S/C13H21N3O3/c1-3-5-11(9-14)15-10-6-7-12(16(17)18)13(8-10)19-4-2/h6-8,11,15H,3-5,9,14H2,1-2H3. The maximum atomic E-state index is 10.9. The van der Waals surface area contributed by atoms with Crippen molar-refractivity contribution in [2.24, 2.45) is 5.73 Å². The highest BCUT2D eigenvalue weighted by Crippen LogP contribution is 2.30. The van der Waals surface area contributed by atoms with E-state index in [9.17, 15) is 10.1 Å². The Morgan fingerprint density at radius 2 is 2.21 bits per heavy atom. The van der Waals surface area contributed by atoms with Gasteiger partial charge < -0.3 is 15.8 Å². The first-order valence-corrected chi connectivity index (χ1v) is 6.50. The van der Waals surface area contributed by atoms with Gasteiger partial charge in [-0.15, -0.1) is 0 Å². The summed E-state index contributed by atoms with van der Waals surface area (Å²) in [5, 5.41) is 14.1. The van der Waals surface area contributed by atoms with Crippen LogP contribution < -0.4 is 15.8 Å². The molecular formula is C13H21N3O3. The fourth-order valence-corrected chi connectivity index (χ4v) is 1.86. The Kier molecular flexibility index (Phi) is 6.08. The summed E-state index contributed by atoms with van der Waals surface area (Å²) in [5.41, 5.74) is 6.45. The number of hydrogen-bond acceptors (Lipinski definition) is 5. The number of nitrogens with zero attached hydrogens (tertiary/aromatic N) is 1. The van der Waals surface area contributed by atoms with Crippen molar-refractivity contribution in [2.75, 3.05) is 18.5 Å². The van der Waals surface area contributed by atoms with E-state index in [2.05, 4.69) is 12.2 Å². The van der Waals surface area contributed by atoms with Crippen LogP contribution in [0.3, 0.4) is 0 Å². The zero-order valence-corrected chi connectivity index (χ0v) is 11.4. The molecule has 0 radical (unpaired) electrons. The third-order valence-corrected chi connectivity index (χ3v) is 2.75. The van der Waals surface area contributed by atoms with E-state index >= 15 is 0 Å². The van der Waals surface area contributed by atoms with Crippen molar-refractivity contribution in [2.45, 2.75) is 32.7 Å². The van der Waals surface area contributed by atoms with Gasteiger partial charge >= 0.3 is 5.69 Å². The smallest absolute Gasteiger partial charge is 0.311 e. The molecule has 6 nitrogen and oxygen atoms in total. The van der Waals surface area contributed by atoms with Gasteiger partial charge in [0.2, 0.25) is 0 Å². The van der Waals surface area contributed by atoms with Crippen molar-refractivity contribution in [1.82, 2.24) is 0 Å². The maximum Gasteiger partial charge on any atom is 0.311 e. The second-order valence-corrected chi connectivity index (χ2v) is 4.24. The molecule has 1 aromatic rings. The zero-order chi connectivity index (χ0) is 14.3. The number of ether oxygens (including phenoxy) is 1. The lowest BCUT2D eigenvalue weighted by Gasteiger charge is -2.17. The summed E-state index contributed by atoms with van der Waals surface area (Å²) in [6.45, 7) is 4.80. The van der Waals surface area contributed by atoms with Crippen molar-refractivity contribution < 1.29 is 9.66 Å². The molecule has 1 aromatic carbocycles. The molecule has 19 heavy (non-hydrogen) atoms. The molecule has 0 heterocycles. The fraction of sp³-hybridized carbons (Fsp3) is 0.538. The number of benzene rings is 1. The summed E-state index contributed by atoms with van der Waals surface area (Å²) >= 11 is 0. The summed E-state index contributed by atoms with van der Waals surface area (Å²) in [6, 6.07) is 4.95. The Balaban J connectivity index is 2.91. The molecule has 106 valence electrons. The van der Waals surface area contributed by atoms with Gasteiger partial charge in [0.25, 0.3) is 0 Å². The highest BCUT2D eigenvalue weighted by atomic mass is 16.6. The molecule has 0 saturated heterocycles. The largest absolute Gasteiger partial charge is 0.487 e. The molecule has 1 unspecified atom stereocenters. The Bertz CT molecular complexity index is 424. The van der Waals surface area contributed by atoms with Gasteiger partial charge in [0.15, 0.2) is 5.75 Å². The number of hydrogen-bond donors (Lipinski definition) is 2. The minimum Gasteiger partial charge on any atom is -0.487 e. The van der Waals surface area contributed by atoms with Crippen molar-refractivity contribution in [3.63, 3.8) is 0 Å². The van der Waals surface area contributed by atoms with Crippen LogP contribution in [0.5, 0.6) is 5.75 Å². The summed E-state index contributed by atoms with van der Waals surface area (Å²) in [5.74, 6) is 0.282. The quantitative estimate of drug-likeness (QED) is 0.558. The third-order valence-electron chi connectivity index (χ3n) is 2.75. The second kappa shape index (κ2) is 7.58. The Hall–Kier alpha value is -1.82. The molecule has 0 saturated carbocycles. The van der Waals surface area contributed by atoms with E-state index in [1.807, 2.05) is 0 Å². The minimum absolute atomic E-state index is 0.0211. The number of rotatable bonds is 8. The van der Waals surface area contributed by atoms with Crippen LogP contribution in [0.4, 0.5) is 11.4 Å². The summed E-state index contributed by atoms with van der Waals surface area (Å²) in [7, 11) is 0. The van der Waals surface area contributed by atoms with E-state index in [1.54, 1.807) is 19.1 Å². The van der Waals surface area contributed by atoms with E-state index < -0.39 is 4.92 Å². The van der Waals surface area contributed by atoms with Crippen molar-refractivity contribution in [3.8, 4) is 5.75 Å². The predicted octanol–water partition coefficient (Wildman–Crippen LogP) is 2.53. The normalized spacial score (nSPS) is 11.9. The van der Waals surface area contributed by atoms with Gasteiger partial charge in [0.05, 0.1) is 11.5 Å². The molecule has 0 aliphatic heterocycles. The topological polar surface area (TPSA) is 90.4 Å². The number of nitrogens with two attached hydrogens (primary N) is 1. The zero-order valence-electron chi connectivity index (χ0n) is 11.4. The maximum absolute atomic E-state index is 10.9. The SMILES string of the molecule is CCCC(CN)Nc1ccc([N+](=O)[O-])c(OCC)c1. The third kappa shape index (κ3) is 4.40. The number of nitro groups is 1. The minimum atomic E-state index is -0.443. The van der Waals surface area contributed by atoms with Gasteiger partial charge in [-0.05, 0) is 19.4 Å². The van der Waals surface area contributed by atoms with Crippen LogP contribution >= 0.6 is 0 Å². The van der Waals surface area contributed by atoms with Crippen LogP contribution in [0, 0.1) is 10.1 Å². The Morgan fingerprint density at radius 1 is 1.47 bits per heavy atom. The molecule has 1 rings (SSSR count). The molecule has 0 spiro atoms. The Morgan fingerprint density at radius 3 is 2.74 bits per heavy atom. The molecular weight excluding hydrogens is 246 g/mol. The van der Waals surface area contributed by atoms with Gasteiger partial charge in [-0.3, -0.25) is 10.1 Å². The second-order valence-electron chi connectivity index (χ2n) is 4.24. The van der Waals surface area contributed by atoms with Crippen molar-refractivity contribution in [3.05, 3.63) is 28.3 Å². The molecule has 0 fully saturated rings. The number of nitro benzene ring substituents is 1. The van der Waals surface area contributed by atoms with Crippen LogP contribution in [0.2, 0.25) is 0 Å². The van der Waals surface area contributed by atoms with E-state index in [-0.39, 0.29) is 17.5 Å². The van der Waals surface area contributed by atoms with Gasteiger partial charge in [-0.2, -0.15) is 0 Å². The molecule has 1 atom stereocenters. The first kappa shape index (κ1) is 15.2. The van der Waals surface area contributed by atoms with Gasteiger partial charge in [0.1, 0.15) is 0 Å². The summed E-state index contributed by atoms with van der Waals surface area (Å²) in [6.07, 6.45) is 1.98. The van der Waals surface area contributed by atoms with Gasteiger partial charge in [-0.25, -0.2) is 0 Å². The predicted molar refractivity (Wildman–Crippen MR) is 75.6 cm³/mol. The average molecular weight is 267 g/mol. The molecule has 0 aliphatic carbocycles. The average Bonchev–Trinajstić information content (AvgIpc) is 2.38. The first-order valence-electron chi connectivity index (χ1n) is 6.50. The number of anilines is 1. The first-order chi connectivity index (χ1) is 9.12. The molecule has 0 aliphatic rings. The monoisotopic (exact) mass is 267 g/mol.